The summed E-state index contributed by atoms with van der Waals surface area (Å²) < 4.78 is 0.931. The third-order valence-electron chi connectivity index (χ3n) is 3.18. The van der Waals surface area contributed by atoms with Gasteiger partial charge >= 0.3 is 0 Å². The van der Waals surface area contributed by atoms with Gasteiger partial charge in [0, 0.05) is 38.4 Å². The predicted octanol–water partition coefficient (Wildman–Crippen LogP) is 5.05. The van der Waals surface area contributed by atoms with Gasteiger partial charge in [-0.3, -0.25) is 4.79 Å². The largest absolute Gasteiger partial charge is 0.399 e. The van der Waals surface area contributed by atoms with E-state index in [0.717, 1.165) is 15.4 Å². The Hall–Kier alpha value is -1.49. The molecule has 1 heterocycles. The fourth-order valence-corrected chi connectivity index (χ4v) is 2.99. The fraction of sp³-hybridized carbons (Fsp3) is 0. The molecule has 0 saturated carbocycles. The molecule has 0 amide bonds. The van der Waals surface area contributed by atoms with E-state index in [1.54, 1.807) is 6.20 Å². The van der Waals surface area contributed by atoms with E-state index in [-0.39, 0.29) is 15.8 Å². The molecule has 6 heteroatoms. The monoisotopic (exact) mass is 382 g/mol. The highest BCUT2D eigenvalue weighted by Gasteiger charge is 2.19. The number of anilines is 1. The lowest BCUT2D eigenvalue weighted by molar-refractivity contribution is 0.104. The first-order chi connectivity index (χ1) is 9.97. The van der Waals surface area contributed by atoms with Crippen molar-refractivity contribution >= 4 is 61.5 Å². The van der Waals surface area contributed by atoms with Crippen LogP contribution in [0.15, 0.2) is 41.0 Å². The van der Waals surface area contributed by atoms with Crippen LogP contribution in [0.4, 0.5) is 5.69 Å². The van der Waals surface area contributed by atoms with Gasteiger partial charge in [-0.2, -0.15) is 0 Å². The molecule has 3 rings (SSSR count). The summed E-state index contributed by atoms with van der Waals surface area (Å²) in [5.41, 5.74) is 7.83. The molecular weight excluding hydrogens is 375 g/mol. The van der Waals surface area contributed by atoms with Crippen molar-refractivity contribution in [3.63, 3.8) is 0 Å². The quantitative estimate of drug-likeness (QED) is 0.480. The molecule has 0 saturated heterocycles. The van der Waals surface area contributed by atoms with Crippen LogP contribution in [0.3, 0.4) is 0 Å². The number of benzene rings is 2. The Labute approximate surface area is 139 Å². The van der Waals surface area contributed by atoms with Crippen molar-refractivity contribution in [1.29, 1.82) is 0 Å². The molecule has 0 atom stereocenters. The standard InChI is InChI=1S/C15H9BrCl2N2O/c16-7-1-2-9-11(6-20-13(9)3-7)15(21)10-4-8(19)5-12(17)14(10)18/h1-6,20H,19H2. The molecule has 106 valence electrons. The van der Waals surface area contributed by atoms with E-state index < -0.39 is 0 Å². The fourth-order valence-electron chi connectivity index (χ4n) is 2.21. The number of hydrogen-bond donors (Lipinski definition) is 2. The number of ketones is 1. The molecule has 0 aliphatic rings. The topological polar surface area (TPSA) is 58.9 Å². The maximum Gasteiger partial charge on any atom is 0.196 e. The highest BCUT2D eigenvalue weighted by Crippen LogP contribution is 2.32. The molecule has 0 fully saturated rings. The van der Waals surface area contributed by atoms with Gasteiger partial charge in [-0.25, -0.2) is 0 Å². The minimum Gasteiger partial charge on any atom is -0.399 e. The van der Waals surface area contributed by atoms with Gasteiger partial charge in [-0.05, 0) is 24.3 Å². The molecule has 3 N–H and O–H groups in total. The van der Waals surface area contributed by atoms with Crippen LogP contribution < -0.4 is 5.73 Å². The van der Waals surface area contributed by atoms with E-state index in [2.05, 4.69) is 20.9 Å². The third-order valence-corrected chi connectivity index (χ3v) is 4.48. The Morgan fingerprint density at radius 1 is 1.14 bits per heavy atom. The molecule has 0 bridgehead atoms. The van der Waals surface area contributed by atoms with Gasteiger partial charge in [-0.15, -0.1) is 0 Å². The molecule has 3 nitrogen and oxygen atoms in total. The second-order valence-electron chi connectivity index (χ2n) is 4.59. The zero-order chi connectivity index (χ0) is 15.1. The highest BCUT2D eigenvalue weighted by molar-refractivity contribution is 9.10. The molecular formula is C15H9BrCl2N2O. The number of nitrogens with one attached hydrogen (secondary N) is 1. The second kappa shape index (κ2) is 5.37. The third kappa shape index (κ3) is 2.55. The lowest BCUT2D eigenvalue weighted by Gasteiger charge is -2.06. The summed E-state index contributed by atoms with van der Waals surface area (Å²) in [5, 5.41) is 1.29. The van der Waals surface area contributed by atoms with Crippen LogP contribution in [-0.4, -0.2) is 10.8 Å². The first-order valence-electron chi connectivity index (χ1n) is 6.03. The first-order valence-corrected chi connectivity index (χ1v) is 7.58. The normalized spacial score (nSPS) is 11.0. The molecule has 2 aromatic carbocycles. The van der Waals surface area contributed by atoms with E-state index in [9.17, 15) is 4.79 Å². The Morgan fingerprint density at radius 3 is 2.67 bits per heavy atom. The average molecular weight is 384 g/mol. The molecule has 21 heavy (non-hydrogen) atoms. The molecule has 0 aliphatic carbocycles. The van der Waals surface area contributed by atoms with Crippen LogP contribution in [0, 0.1) is 0 Å². The minimum atomic E-state index is -0.220. The lowest BCUT2D eigenvalue weighted by Crippen LogP contribution is -2.03. The predicted molar refractivity (Wildman–Crippen MR) is 90.3 cm³/mol. The number of halogens is 3. The van der Waals surface area contributed by atoms with Crippen molar-refractivity contribution in [2.24, 2.45) is 0 Å². The number of fused-ring (bicyclic) bond motifs is 1. The van der Waals surface area contributed by atoms with Crippen molar-refractivity contribution in [1.82, 2.24) is 4.98 Å². The zero-order valence-corrected chi connectivity index (χ0v) is 13.7. The molecule has 0 radical (unpaired) electrons. The lowest BCUT2D eigenvalue weighted by atomic mass is 10.0. The summed E-state index contributed by atoms with van der Waals surface area (Å²) in [6.45, 7) is 0. The van der Waals surface area contributed by atoms with Crippen LogP contribution in [0.5, 0.6) is 0 Å². The number of hydrogen-bond acceptors (Lipinski definition) is 2. The molecule has 1 aromatic heterocycles. The van der Waals surface area contributed by atoms with Crippen LogP contribution in [0.1, 0.15) is 15.9 Å². The Bertz CT molecular complexity index is 873. The summed E-state index contributed by atoms with van der Waals surface area (Å²) in [7, 11) is 0. The summed E-state index contributed by atoms with van der Waals surface area (Å²) in [5.74, 6) is -0.220. The van der Waals surface area contributed by atoms with Gasteiger partial charge in [0.25, 0.3) is 0 Å². The average Bonchev–Trinajstić information content (AvgIpc) is 2.84. The van der Waals surface area contributed by atoms with Crippen molar-refractivity contribution in [3.05, 3.63) is 62.2 Å². The van der Waals surface area contributed by atoms with Crippen LogP contribution in [0.2, 0.25) is 10.0 Å². The van der Waals surface area contributed by atoms with Gasteiger partial charge in [0.15, 0.2) is 5.78 Å². The van der Waals surface area contributed by atoms with Crippen molar-refractivity contribution in [2.45, 2.75) is 0 Å². The summed E-state index contributed by atoms with van der Waals surface area (Å²) in [6.07, 6.45) is 1.66. The van der Waals surface area contributed by atoms with Crippen molar-refractivity contribution in [3.8, 4) is 0 Å². The summed E-state index contributed by atoms with van der Waals surface area (Å²) in [6, 6.07) is 8.70. The van der Waals surface area contributed by atoms with E-state index in [4.69, 9.17) is 28.9 Å². The van der Waals surface area contributed by atoms with Crippen LogP contribution in [0.25, 0.3) is 10.9 Å². The Balaban J connectivity index is 2.17. The second-order valence-corrected chi connectivity index (χ2v) is 6.29. The molecule has 0 aliphatic heterocycles. The first kappa shape index (κ1) is 14.4. The maximum atomic E-state index is 12.7. The minimum absolute atomic E-state index is 0.210. The SMILES string of the molecule is Nc1cc(Cl)c(Cl)c(C(=O)c2c[nH]c3cc(Br)ccc23)c1. The van der Waals surface area contributed by atoms with Crippen LogP contribution >= 0.6 is 39.1 Å². The van der Waals surface area contributed by atoms with Gasteiger partial charge in [0.1, 0.15) is 0 Å². The number of nitrogen functional groups attached to an aromatic ring is 1. The smallest absolute Gasteiger partial charge is 0.196 e. The number of rotatable bonds is 2. The Kier molecular flexibility index (Phi) is 3.69. The van der Waals surface area contributed by atoms with Crippen molar-refractivity contribution < 1.29 is 4.79 Å². The molecule has 3 aromatic rings. The van der Waals surface area contributed by atoms with E-state index in [1.165, 1.54) is 12.1 Å². The van der Waals surface area contributed by atoms with Gasteiger partial charge < -0.3 is 10.7 Å². The van der Waals surface area contributed by atoms with E-state index >= 15 is 0 Å². The molecule has 0 spiro atoms. The van der Waals surface area contributed by atoms with Crippen molar-refractivity contribution in [2.75, 3.05) is 5.73 Å². The number of nitrogens with two attached hydrogens (primary N) is 1. The number of carbonyl (C=O) groups is 1. The van der Waals surface area contributed by atoms with Gasteiger partial charge in [0.05, 0.1) is 10.0 Å². The van der Waals surface area contributed by atoms with Gasteiger partial charge in [-0.1, -0.05) is 45.2 Å². The Morgan fingerprint density at radius 2 is 1.90 bits per heavy atom. The van der Waals surface area contributed by atoms with Gasteiger partial charge in [0.2, 0.25) is 0 Å². The summed E-state index contributed by atoms with van der Waals surface area (Å²) in [4.78, 5) is 15.8. The highest BCUT2D eigenvalue weighted by atomic mass is 79.9. The maximum absolute atomic E-state index is 12.7. The van der Waals surface area contributed by atoms with Crippen LogP contribution in [-0.2, 0) is 0 Å². The van der Waals surface area contributed by atoms with E-state index in [0.29, 0.717) is 16.8 Å². The number of carbonyl (C=O) groups excluding carboxylic acids is 1. The molecule has 0 unspecified atom stereocenters. The number of aromatic amines is 1. The zero-order valence-electron chi connectivity index (χ0n) is 10.6. The summed E-state index contributed by atoms with van der Waals surface area (Å²) >= 11 is 15.5. The number of H-pyrrole nitrogens is 1. The number of aromatic nitrogens is 1. The van der Waals surface area contributed by atoms with E-state index in [1.807, 2.05) is 18.2 Å².